The number of aromatic nitrogens is 1. The summed E-state index contributed by atoms with van der Waals surface area (Å²) in [6, 6.07) is 56.5. The summed E-state index contributed by atoms with van der Waals surface area (Å²) in [4.78, 5) is 2.50. The summed E-state index contributed by atoms with van der Waals surface area (Å²) in [5.41, 5.74) is 17.9. The number of para-hydroxylation sites is 2. The molecule has 8 aromatic rings. The molecule has 2 nitrogen and oxygen atoms in total. The van der Waals surface area contributed by atoms with Crippen LogP contribution in [0.3, 0.4) is 0 Å². The van der Waals surface area contributed by atoms with Crippen LogP contribution in [0.15, 0.2) is 188 Å². The number of anilines is 3. The molecular formula is C55H44N2. The topological polar surface area (TPSA) is 8.17 Å². The second kappa shape index (κ2) is 13.2. The molecule has 11 rings (SSSR count). The van der Waals surface area contributed by atoms with Crippen molar-refractivity contribution in [1.29, 1.82) is 0 Å². The van der Waals surface area contributed by atoms with E-state index in [-0.39, 0.29) is 5.41 Å². The summed E-state index contributed by atoms with van der Waals surface area (Å²) >= 11 is 0. The van der Waals surface area contributed by atoms with Gasteiger partial charge in [-0.3, -0.25) is 0 Å². The van der Waals surface area contributed by atoms with E-state index in [1.165, 1.54) is 88.6 Å². The van der Waals surface area contributed by atoms with Crippen molar-refractivity contribution in [2.24, 2.45) is 0 Å². The van der Waals surface area contributed by atoms with Gasteiger partial charge < -0.3 is 9.47 Å². The number of nitrogens with zero attached hydrogens (tertiary/aromatic N) is 2. The second-order valence-electron chi connectivity index (χ2n) is 16.3. The first-order valence-electron chi connectivity index (χ1n) is 20.5. The molecule has 0 bridgehead atoms. The Morgan fingerprint density at radius 2 is 1.28 bits per heavy atom. The number of allylic oxidation sites excluding steroid dienone is 8. The lowest BCUT2D eigenvalue weighted by molar-refractivity contribution is 0.607. The zero-order chi connectivity index (χ0) is 38.1. The Balaban J connectivity index is 1.10. The van der Waals surface area contributed by atoms with E-state index >= 15 is 0 Å². The van der Waals surface area contributed by atoms with Crippen LogP contribution in [0.5, 0.6) is 0 Å². The van der Waals surface area contributed by atoms with Gasteiger partial charge in [0.1, 0.15) is 0 Å². The quantitative estimate of drug-likeness (QED) is 0.165. The Labute approximate surface area is 335 Å². The highest BCUT2D eigenvalue weighted by Gasteiger charge is 2.38. The normalized spacial score (nSPS) is 15.6. The number of benzene rings is 7. The Morgan fingerprint density at radius 1 is 0.526 bits per heavy atom. The van der Waals surface area contributed by atoms with Crippen molar-refractivity contribution in [3.8, 4) is 16.8 Å². The van der Waals surface area contributed by atoms with Gasteiger partial charge in [0.15, 0.2) is 0 Å². The first-order chi connectivity index (χ1) is 28.0. The van der Waals surface area contributed by atoms with Gasteiger partial charge in [0.05, 0.1) is 16.7 Å². The van der Waals surface area contributed by atoms with Crippen molar-refractivity contribution in [1.82, 2.24) is 4.57 Å². The van der Waals surface area contributed by atoms with Gasteiger partial charge in [0.2, 0.25) is 0 Å². The van der Waals surface area contributed by atoms with E-state index in [1.807, 2.05) is 0 Å². The zero-order valence-electron chi connectivity index (χ0n) is 32.5. The maximum absolute atomic E-state index is 2.50. The van der Waals surface area contributed by atoms with Crippen LogP contribution in [0, 0.1) is 0 Å². The van der Waals surface area contributed by atoms with Gasteiger partial charge >= 0.3 is 0 Å². The van der Waals surface area contributed by atoms with Crippen LogP contribution < -0.4 is 4.90 Å². The van der Waals surface area contributed by atoms with Crippen molar-refractivity contribution in [3.05, 3.63) is 204 Å². The molecule has 1 aromatic heterocycles. The van der Waals surface area contributed by atoms with Gasteiger partial charge in [0, 0.05) is 38.6 Å². The number of hydrogen-bond donors (Lipinski definition) is 0. The molecule has 274 valence electrons. The van der Waals surface area contributed by atoms with Crippen molar-refractivity contribution in [2.45, 2.75) is 44.9 Å². The second-order valence-corrected chi connectivity index (χ2v) is 16.3. The lowest BCUT2D eigenvalue weighted by Crippen LogP contribution is -2.19. The summed E-state index contributed by atoms with van der Waals surface area (Å²) in [5.74, 6) is 0. The van der Waals surface area contributed by atoms with Gasteiger partial charge in [-0.25, -0.2) is 0 Å². The SMILES string of the molecule is CC1(C)C2=C(C=CCC2)c2ccc(N(c3cccc(C4=CCCC=C4)c3)c3ccc(-c4ccc5c(c4)c4ccccc4n5-c4ccccc4)c4ccccc34)cc21. The molecule has 0 unspecified atom stereocenters. The van der Waals surface area contributed by atoms with Crippen molar-refractivity contribution in [3.63, 3.8) is 0 Å². The molecule has 3 aliphatic carbocycles. The van der Waals surface area contributed by atoms with Crippen LogP contribution in [-0.4, -0.2) is 4.57 Å². The predicted octanol–water partition coefficient (Wildman–Crippen LogP) is 15.2. The summed E-state index contributed by atoms with van der Waals surface area (Å²) < 4.78 is 2.39. The van der Waals surface area contributed by atoms with Gasteiger partial charge in [-0.2, -0.15) is 0 Å². The summed E-state index contributed by atoms with van der Waals surface area (Å²) in [5, 5.41) is 4.99. The van der Waals surface area contributed by atoms with E-state index in [2.05, 4.69) is 205 Å². The molecule has 0 aliphatic heterocycles. The molecule has 0 N–H and O–H groups in total. The molecule has 0 fully saturated rings. The fourth-order valence-electron chi connectivity index (χ4n) is 9.96. The number of hydrogen-bond acceptors (Lipinski definition) is 1. The third-order valence-electron chi connectivity index (χ3n) is 12.7. The predicted molar refractivity (Wildman–Crippen MR) is 243 cm³/mol. The molecule has 2 heteroatoms. The van der Waals surface area contributed by atoms with Crippen LogP contribution in [0.2, 0.25) is 0 Å². The average molecular weight is 733 g/mol. The molecule has 0 amide bonds. The Bertz CT molecular complexity index is 3040. The number of rotatable bonds is 6. The van der Waals surface area contributed by atoms with Gasteiger partial charge in [-0.05, 0) is 131 Å². The van der Waals surface area contributed by atoms with Crippen molar-refractivity contribution >= 4 is 60.8 Å². The first-order valence-corrected chi connectivity index (χ1v) is 20.5. The van der Waals surface area contributed by atoms with Crippen LogP contribution in [0.1, 0.15) is 56.2 Å². The molecule has 0 radical (unpaired) electrons. The minimum absolute atomic E-state index is 0.0230. The van der Waals surface area contributed by atoms with E-state index in [0.717, 1.165) is 31.4 Å². The smallest absolute Gasteiger partial charge is 0.0541 e. The monoisotopic (exact) mass is 732 g/mol. The minimum atomic E-state index is -0.0230. The minimum Gasteiger partial charge on any atom is -0.310 e. The molecular weight excluding hydrogens is 689 g/mol. The first kappa shape index (κ1) is 33.7. The van der Waals surface area contributed by atoms with Crippen molar-refractivity contribution in [2.75, 3.05) is 4.90 Å². The molecule has 57 heavy (non-hydrogen) atoms. The molecule has 0 atom stereocenters. The summed E-state index contributed by atoms with van der Waals surface area (Å²) in [6.45, 7) is 4.84. The van der Waals surface area contributed by atoms with Crippen LogP contribution >= 0.6 is 0 Å². The summed E-state index contributed by atoms with van der Waals surface area (Å²) in [7, 11) is 0. The zero-order valence-corrected chi connectivity index (χ0v) is 32.5. The number of fused-ring (bicyclic) bond motifs is 6. The van der Waals surface area contributed by atoms with Crippen molar-refractivity contribution < 1.29 is 0 Å². The average Bonchev–Trinajstić information content (AvgIpc) is 3.72. The van der Waals surface area contributed by atoms with Gasteiger partial charge in [-0.15, -0.1) is 0 Å². The standard InChI is InChI=1S/C55H44N2/c1-55(2)50-26-13-11-23-45(50)46-30-29-42(36-51(46)55)56(41-21-15-18-38(34-41)37-16-5-3-6-17-37)53-33-31-43(44-22-9-10-24-47(44)53)39-28-32-54-49(35-39)48-25-12-14-27-52(48)57(54)40-19-7-4-8-20-40/h4-5,7-12,14-25,27-36H,3,6,13,26H2,1-2H3. The van der Waals surface area contributed by atoms with E-state index in [0.29, 0.717) is 0 Å². The highest BCUT2D eigenvalue weighted by Crippen LogP contribution is 2.52. The fraction of sp³-hybridized carbons (Fsp3) is 0.127. The highest BCUT2D eigenvalue weighted by molar-refractivity contribution is 6.12. The Morgan fingerprint density at radius 3 is 2.14 bits per heavy atom. The molecule has 0 saturated heterocycles. The molecule has 0 saturated carbocycles. The van der Waals surface area contributed by atoms with E-state index in [9.17, 15) is 0 Å². The third-order valence-corrected chi connectivity index (χ3v) is 12.7. The van der Waals surface area contributed by atoms with Gasteiger partial charge in [0.25, 0.3) is 0 Å². The third kappa shape index (κ3) is 5.39. The molecule has 3 aliphatic rings. The van der Waals surface area contributed by atoms with Crippen LogP contribution in [0.25, 0.3) is 60.5 Å². The lowest BCUT2D eigenvalue weighted by atomic mass is 9.78. The van der Waals surface area contributed by atoms with Crippen LogP contribution in [0.4, 0.5) is 17.1 Å². The fourth-order valence-corrected chi connectivity index (χ4v) is 9.96. The largest absolute Gasteiger partial charge is 0.310 e. The van der Waals surface area contributed by atoms with E-state index in [4.69, 9.17) is 0 Å². The molecule has 0 spiro atoms. The van der Waals surface area contributed by atoms with Gasteiger partial charge in [-0.1, -0.05) is 141 Å². The van der Waals surface area contributed by atoms with E-state index < -0.39 is 0 Å². The maximum Gasteiger partial charge on any atom is 0.0541 e. The molecule has 1 heterocycles. The highest BCUT2D eigenvalue weighted by atomic mass is 15.1. The molecule has 7 aromatic carbocycles. The van der Waals surface area contributed by atoms with Crippen LogP contribution in [-0.2, 0) is 5.41 Å². The summed E-state index contributed by atoms with van der Waals surface area (Å²) in [6.07, 6.45) is 16.1. The lowest BCUT2D eigenvalue weighted by Gasteiger charge is -2.30. The van der Waals surface area contributed by atoms with E-state index in [1.54, 1.807) is 5.57 Å². The Kier molecular flexibility index (Phi) is 7.83. The maximum atomic E-state index is 2.50. The Hall–Kier alpha value is -6.64.